The van der Waals surface area contributed by atoms with Crippen LogP contribution in [-0.2, 0) is 19.6 Å². The van der Waals surface area contributed by atoms with Gasteiger partial charge in [0.05, 0.1) is 19.4 Å². The molecule has 0 aliphatic carbocycles. The number of ether oxygens (including phenoxy) is 1. The summed E-state index contributed by atoms with van der Waals surface area (Å²) in [6.45, 7) is 7.69. The van der Waals surface area contributed by atoms with Crippen molar-refractivity contribution in [2.45, 2.75) is 52.9 Å². The van der Waals surface area contributed by atoms with Gasteiger partial charge < -0.3 is 14.1 Å². The van der Waals surface area contributed by atoms with E-state index in [0.29, 0.717) is 25.2 Å². The number of fused-ring (bicyclic) bond motifs is 1. The number of furan rings is 1. The van der Waals surface area contributed by atoms with E-state index in [0.717, 1.165) is 45.8 Å². The zero-order valence-corrected chi connectivity index (χ0v) is 22.1. The van der Waals surface area contributed by atoms with Crippen LogP contribution in [-0.4, -0.2) is 37.2 Å². The number of pyridine rings is 1. The van der Waals surface area contributed by atoms with Gasteiger partial charge in [0, 0.05) is 24.2 Å². The van der Waals surface area contributed by atoms with Crippen LogP contribution in [0.3, 0.4) is 0 Å². The number of aromatic amines is 1. The van der Waals surface area contributed by atoms with Crippen LogP contribution in [0.25, 0.3) is 10.9 Å². The average Bonchev–Trinajstić information content (AvgIpc) is 3.59. The van der Waals surface area contributed by atoms with E-state index in [2.05, 4.69) is 52.2 Å². The van der Waals surface area contributed by atoms with Crippen molar-refractivity contribution in [3.8, 4) is 5.75 Å². The summed E-state index contributed by atoms with van der Waals surface area (Å²) in [6.07, 6.45) is 2.39. The smallest absolute Gasteiger partial charge is 0.252 e. The first-order valence-electron chi connectivity index (χ1n) is 12.7. The summed E-state index contributed by atoms with van der Waals surface area (Å²) < 4.78 is 12.6. The molecule has 2 aromatic carbocycles. The molecule has 9 heteroatoms. The Bertz CT molecular complexity index is 1570. The lowest BCUT2D eigenvalue weighted by molar-refractivity contribution is 0.161. The number of methoxy groups -OCH3 is 1. The van der Waals surface area contributed by atoms with Crippen molar-refractivity contribution in [2.75, 3.05) is 7.11 Å². The second-order valence-corrected chi connectivity index (χ2v) is 9.60. The first-order chi connectivity index (χ1) is 18.4. The van der Waals surface area contributed by atoms with Crippen LogP contribution in [0.5, 0.6) is 5.75 Å². The van der Waals surface area contributed by atoms with E-state index in [9.17, 15) is 4.79 Å². The lowest BCUT2D eigenvalue weighted by Gasteiger charge is -2.30. The van der Waals surface area contributed by atoms with Crippen molar-refractivity contribution in [3.05, 3.63) is 105 Å². The summed E-state index contributed by atoms with van der Waals surface area (Å²) >= 11 is 0. The Hall–Kier alpha value is -4.24. The summed E-state index contributed by atoms with van der Waals surface area (Å²) in [5, 5.41) is 13.6. The molecule has 3 aromatic heterocycles. The fourth-order valence-electron chi connectivity index (χ4n) is 4.82. The molecule has 196 valence electrons. The maximum Gasteiger partial charge on any atom is 0.252 e. The molecule has 1 unspecified atom stereocenters. The normalized spacial score (nSPS) is 12.3. The third kappa shape index (κ3) is 5.38. The molecule has 0 amide bonds. The van der Waals surface area contributed by atoms with Gasteiger partial charge in [0.2, 0.25) is 0 Å². The Morgan fingerprint density at radius 3 is 2.58 bits per heavy atom. The molecule has 0 radical (unpaired) electrons. The highest BCUT2D eigenvalue weighted by Gasteiger charge is 2.26. The number of aryl methyl sites for hydroxylation is 2. The monoisotopic (exact) mass is 512 g/mol. The summed E-state index contributed by atoms with van der Waals surface area (Å²) in [4.78, 5) is 18.6. The minimum Gasteiger partial charge on any atom is -0.497 e. The number of tetrazole rings is 1. The summed E-state index contributed by atoms with van der Waals surface area (Å²) in [7, 11) is 1.66. The summed E-state index contributed by atoms with van der Waals surface area (Å²) in [5.74, 6) is 2.29. The van der Waals surface area contributed by atoms with Crippen molar-refractivity contribution in [2.24, 2.45) is 0 Å². The molecule has 0 bridgehead atoms. The van der Waals surface area contributed by atoms with E-state index in [1.54, 1.807) is 18.1 Å². The standard InChI is InChI=1S/C29H32N6O3/c1-5-27(28-31-32-33-35(28)18-25-7-6-12-38-25)34(16-21-8-10-24(37-4)11-9-21)17-23-15-22-13-19(2)20(3)14-26(22)30-29(23)36/h6-15,27H,5,16-18H2,1-4H3,(H,30,36). The van der Waals surface area contributed by atoms with Gasteiger partial charge in [-0.2, -0.15) is 0 Å². The minimum atomic E-state index is -0.142. The Kier molecular flexibility index (Phi) is 7.37. The van der Waals surface area contributed by atoms with Crippen molar-refractivity contribution >= 4 is 10.9 Å². The molecule has 0 saturated heterocycles. The van der Waals surface area contributed by atoms with Gasteiger partial charge in [-0.25, -0.2) is 4.68 Å². The van der Waals surface area contributed by atoms with Crippen LogP contribution in [0.15, 0.2) is 70.1 Å². The van der Waals surface area contributed by atoms with Crippen LogP contribution in [0.4, 0.5) is 0 Å². The predicted molar refractivity (Wildman–Crippen MR) is 145 cm³/mol. The molecule has 0 fully saturated rings. The molecule has 1 N–H and O–H groups in total. The molecule has 0 aliphatic rings. The SMILES string of the molecule is CCC(c1nnnn1Cc1ccco1)N(Cc1ccc(OC)cc1)Cc1cc2cc(C)c(C)cc2[nH]c1=O. The highest BCUT2D eigenvalue weighted by molar-refractivity contribution is 5.80. The second kappa shape index (κ2) is 11.0. The largest absolute Gasteiger partial charge is 0.497 e. The molecule has 3 heterocycles. The minimum absolute atomic E-state index is 0.0921. The number of hydrogen-bond donors (Lipinski definition) is 1. The van der Waals surface area contributed by atoms with Crippen molar-refractivity contribution in [1.29, 1.82) is 0 Å². The van der Waals surface area contributed by atoms with E-state index < -0.39 is 0 Å². The van der Waals surface area contributed by atoms with Gasteiger partial charge in [-0.05, 0) is 95.2 Å². The molecule has 38 heavy (non-hydrogen) atoms. The van der Waals surface area contributed by atoms with Gasteiger partial charge in [0.25, 0.3) is 5.56 Å². The zero-order chi connectivity index (χ0) is 26.6. The first-order valence-corrected chi connectivity index (χ1v) is 12.7. The van der Waals surface area contributed by atoms with Gasteiger partial charge in [-0.3, -0.25) is 9.69 Å². The van der Waals surface area contributed by atoms with Crippen LogP contribution < -0.4 is 10.3 Å². The molecular weight excluding hydrogens is 480 g/mol. The van der Waals surface area contributed by atoms with Gasteiger partial charge in [0.15, 0.2) is 5.82 Å². The second-order valence-electron chi connectivity index (χ2n) is 9.60. The number of benzene rings is 2. The van der Waals surface area contributed by atoms with Crippen LogP contribution in [0, 0.1) is 13.8 Å². The van der Waals surface area contributed by atoms with Gasteiger partial charge in [-0.1, -0.05) is 19.1 Å². The van der Waals surface area contributed by atoms with E-state index >= 15 is 0 Å². The molecule has 0 spiro atoms. The fourth-order valence-corrected chi connectivity index (χ4v) is 4.82. The van der Waals surface area contributed by atoms with Crippen molar-refractivity contribution < 1.29 is 9.15 Å². The maximum absolute atomic E-state index is 13.2. The molecular formula is C29H32N6O3. The number of rotatable bonds is 10. The first kappa shape index (κ1) is 25.4. The van der Waals surface area contributed by atoms with E-state index in [-0.39, 0.29) is 11.6 Å². The topological polar surface area (TPSA) is 102 Å². The molecule has 5 rings (SSSR count). The number of nitrogens with zero attached hydrogens (tertiary/aromatic N) is 5. The quantitative estimate of drug-likeness (QED) is 0.283. The molecule has 5 aromatic rings. The highest BCUT2D eigenvalue weighted by atomic mass is 16.5. The number of H-pyrrole nitrogens is 1. The fraction of sp³-hybridized carbons (Fsp3) is 0.310. The Labute approximate surface area is 221 Å². The lowest BCUT2D eigenvalue weighted by atomic mass is 10.0. The third-order valence-corrected chi connectivity index (χ3v) is 7.02. The van der Waals surface area contributed by atoms with E-state index in [4.69, 9.17) is 9.15 Å². The third-order valence-electron chi connectivity index (χ3n) is 7.02. The van der Waals surface area contributed by atoms with E-state index in [1.165, 1.54) is 5.56 Å². The Morgan fingerprint density at radius 2 is 1.87 bits per heavy atom. The molecule has 0 aliphatic heterocycles. The highest BCUT2D eigenvalue weighted by Crippen LogP contribution is 2.28. The molecule has 0 saturated carbocycles. The van der Waals surface area contributed by atoms with Gasteiger partial charge in [0.1, 0.15) is 18.1 Å². The maximum atomic E-state index is 13.2. The summed E-state index contributed by atoms with van der Waals surface area (Å²) in [5.41, 5.74) is 4.88. The zero-order valence-electron chi connectivity index (χ0n) is 22.1. The van der Waals surface area contributed by atoms with Gasteiger partial charge in [-0.15, -0.1) is 5.10 Å². The number of hydrogen-bond acceptors (Lipinski definition) is 7. The van der Waals surface area contributed by atoms with Crippen molar-refractivity contribution in [1.82, 2.24) is 30.1 Å². The number of nitrogens with one attached hydrogen (secondary N) is 1. The molecule has 9 nitrogen and oxygen atoms in total. The van der Waals surface area contributed by atoms with Crippen LogP contribution in [0.2, 0.25) is 0 Å². The summed E-state index contributed by atoms with van der Waals surface area (Å²) in [6, 6.07) is 17.7. The average molecular weight is 513 g/mol. The Morgan fingerprint density at radius 1 is 1.08 bits per heavy atom. The van der Waals surface area contributed by atoms with Crippen molar-refractivity contribution in [3.63, 3.8) is 0 Å². The van der Waals surface area contributed by atoms with Crippen LogP contribution >= 0.6 is 0 Å². The van der Waals surface area contributed by atoms with E-state index in [1.807, 2.05) is 48.5 Å². The number of aromatic nitrogens is 5. The Balaban J connectivity index is 1.53. The predicted octanol–water partition coefficient (Wildman–Crippen LogP) is 4.93. The van der Waals surface area contributed by atoms with Crippen LogP contribution in [0.1, 0.15) is 53.2 Å². The molecule has 1 atom stereocenters. The van der Waals surface area contributed by atoms with Gasteiger partial charge >= 0.3 is 0 Å². The lowest BCUT2D eigenvalue weighted by Crippen LogP contribution is -2.32.